The van der Waals surface area contributed by atoms with E-state index in [-0.39, 0.29) is 18.1 Å². The van der Waals surface area contributed by atoms with Crippen molar-refractivity contribution in [2.75, 3.05) is 0 Å². The van der Waals surface area contributed by atoms with Crippen molar-refractivity contribution in [3.63, 3.8) is 0 Å². The molecule has 2 rings (SSSR count). The molecule has 0 aliphatic carbocycles. The van der Waals surface area contributed by atoms with E-state index in [0.29, 0.717) is 15.7 Å². The molecule has 0 radical (unpaired) electrons. The normalized spacial score (nSPS) is 10.3. The molecular weight excluding hydrogens is 329 g/mol. The van der Waals surface area contributed by atoms with Crippen molar-refractivity contribution in [3.8, 4) is 5.75 Å². The highest BCUT2D eigenvalue weighted by atomic mass is 79.9. The first-order chi connectivity index (χ1) is 9.45. The number of ether oxygens (including phenoxy) is 1. The van der Waals surface area contributed by atoms with E-state index in [4.69, 9.17) is 9.84 Å². The van der Waals surface area contributed by atoms with Crippen molar-refractivity contribution in [2.24, 2.45) is 0 Å². The number of halogens is 2. The van der Waals surface area contributed by atoms with Gasteiger partial charge in [-0.05, 0) is 42.8 Å². The fourth-order valence-electron chi connectivity index (χ4n) is 1.67. The molecule has 1 aromatic carbocycles. The largest absolute Gasteiger partial charge is 0.486 e. The zero-order chi connectivity index (χ0) is 14.7. The average Bonchev–Trinajstić information content (AvgIpc) is 2.36. The summed E-state index contributed by atoms with van der Waals surface area (Å²) in [7, 11) is 0. The zero-order valence-electron chi connectivity index (χ0n) is 10.6. The van der Waals surface area contributed by atoms with Crippen LogP contribution in [0.25, 0.3) is 0 Å². The summed E-state index contributed by atoms with van der Waals surface area (Å²) >= 11 is 3.18. The van der Waals surface area contributed by atoms with Gasteiger partial charge in [-0.25, -0.2) is 14.2 Å². The van der Waals surface area contributed by atoms with E-state index < -0.39 is 11.8 Å². The van der Waals surface area contributed by atoms with Crippen LogP contribution in [0.4, 0.5) is 4.39 Å². The Kier molecular flexibility index (Phi) is 4.34. The van der Waals surface area contributed by atoms with Crippen LogP contribution in [0.1, 0.15) is 21.7 Å². The number of rotatable bonds is 4. The van der Waals surface area contributed by atoms with Crippen molar-refractivity contribution in [2.45, 2.75) is 13.5 Å². The third kappa shape index (κ3) is 3.54. The Bertz CT molecular complexity index is 641. The molecule has 4 nitrogen and oxygen atoms in total. The van der Waals surface area contributed by atoms with E-state index in [0.717, 1.165) is 0 Å². The minimum Gasteiger partial charge on any atom is -0.486 e. The van der Waals surface area contributed by atoms with Gasteiger partial charge in [-0.2, -0.15) is 0 Å². The maximum Gasteiger partial charge on any atom is 0.358 e. The first-order valence-electron chi connectivity index (χ1n) is 5.74. The molecule has 20 heavy (non-hydrogen) atoms. The number of aromatic carboxylic acids is 1. The number of carbonyl (C=O) groups is 1. The van der Waals surface area contributed by atoms with Gasteiger partial charge in [0.25, 0.3) is 0 Å². The molecule has 0 spiro atoms. The first-order valence-corrected chi connectivity index (χ1v) is 6.53. The standard InChI is InChI=1S/C14H11BrFNO3/c1-8-2-3-12(13(17-8)14(18)19)20-7-9-4-10(15)6-11(16)5-9/h2-6H,7H2,1H3,(H,18,19). The lowest BCUT2D eigenvalue weighted by molar-refractivity contribution is 0.0684. The lowest BCUT2D eigenvalue weighted by Crippen LogP contribution is -2.07. The maximum absolute atomic E-state index is 13.2. The molecule has 2 aromatic rings. The van der Waals surface area contributed by atoms with Crippen LogP contribution in [-0.4, -0.2) is 16.1 Å². The lowest BCUT2D eigenvalue weighted by atomic mass is 10.2. The van der Waals surface area contributed by atoms with E-state index in [1.165, 1.54) is 12.1 Å². The van der Waals surface area contributed by atoms with Gasteiger partial charge in [0.2, 0.25) is 0 Å². The van der Waals surface area contributed by atoms with Gasteiger partial charge in [-0.3, -0.25) is 0 Å². The molecule has 1 aromatic heterocycles. The summed E-state index contributed by atoms with van der Waals surface area (Å²) in [5, 5.41) is 9.07. The van der Waals surface area contributed by atoms with Gasteiger partial charge in [0.15, 0.2) is 11.4 Å². The second kappa shape index (κ2) is 6.00. The molecule has 0 aliphatic heterocycles. The van der Waals surface area contributed by atoms with E-state index in [2.05, 4.69) is 20.9 Å². The molecule has 104 valence electrons. The minimum absolute atomic E-state index is 0.0569. The molecule has 0 unspecified atom stereocenters. The number of benzene rings is 1. The Hall–Kier alpha value is -1.95. The lowest BCUT2D eigenvalue weighted by Gasteiger charge is -2.09. The molecule has 0 aliphatic rings. The number of pyridine rings is 1. The molecule has 0 bridgehead atoms. The van der Waals surface area contributed by atoms with Crippen LogP contribution >= 0.6 is 15.9 Å². The van der Waals surface area contributed by atoms with Gasteiger partial charge in [-0.1, -0.05) is 15.9 Å². The molecule has 6 heteroatoms. The summed E-state index contributed by atoms with van der Waals surface area (Å²) < 4.78 is 19.2. The number of carboxylic acids is 1. The van der Waals surface area contributed by atoms with Crippen LogP contribution in [0.3, 0.4) is 0 Å². The topological polar surface area (TPSA) is 59.4 Å². The van der Waals surface area contributed by atoms with Crippen molar-refractivity contribution in [3.05, 3.63) is 57.6 Å². The second-order valence-electron chi connectivity index (χ2n) is 4.17. The van der Waals surface area contributed by atoms with E-state index in [1.54, 1.807) is 25.1 Å². The van der Waals surface area contributed by atoms with Crippen molar-refractivity contribution in [1.82, 2.24) is 4.98 Å². The SMILES string of the molecule is Cc1ccc(OCc2cc(F)cc(Br)c2)c(C(=O)O)n1. The van der Waals surface area contributed by atoms with Crippen LogP contribution in [0, 0.1) is 12.7 Å². The number of aryl methyl sites for hydroxylation is 1. The van der Waals surface area contributed by atoms with Gasteiger partial charge in [0.1, 0.15) is 12.4 Å². The zero-order valence-corrected chi connectivity index (χ0v) is 12.1. The molecule has 0 saturated heterocycles. The van der Waals surface area contributed by atoms with Crippen LogP contribution in [0.5, 0.6) is 5.75 Å². The van der Waals surface area contributed by atoms with Crippen LogP contribution in [0.15, 0.2) is 34.8 Å². The Morgan fingerprint density at radius 2 is 2.15 bits per heavy atom. The summed E-state index contributed by atoms with van der Waals surface area (Å²) in [6.07, 6.45) is 0. The third-order valence-corrected chi connectivity index (χ3v) is 2.97. The summed E-state index contributed by atoms with van der Waals surface area (Å²) in [6, 6.07) is 7.56. The maximum atomic E-state index is 13.2. The Morgan fingerprint density at radius 3 is 2.80 bits per heavy atom. The molecule has 1 heterocycles. The Morgan fingerprint density at radius 1 is 1.40 bits per heavy atom. The second-order valence-corrected chi connectivity index (χ2v) is 5.09. The Balaban J connectivity index is 2.20. The van der Waals surface area contributed by atoms with Crippen LogP contribution in [0.2, 0.25) is 0 Å². The third-order valence-electron chi connectivity index (χ3n) is 2.52. The monoisotopic (exact) mass is 339 g/mol. The highest BCUT2D eigenvalue weighted by Crippen LogP contribution is 2.20. The van der Waals surface area contributed by atoms with E-state index in [9.17, 15) is 9.18 Å². The molecule has 0 atom stereocenters. The van der Waals surface area contributed by atoms with Gasteiger partial charge in [-0.15, -0.1) is 0 Å². The van der Waals surface area contributed by atoms with E-state index in [1.807, 2.05) is 0 Å². The Labute approximate surface area is 123 Å². The fourth-order valence-corrected chi connectivity index (χ4v) is 2.18. The van der Waals surface area contributed by atoms with Crippen LogP contribution in [-0.2, 0) is 6.61 Å². The van der Waals surface area contributed by atoms with Crippen molar-refractivity contribution < 1.29 is 19.0 Å². The van der Waals surface area contributed by atoms with Crippen molar-refractivity contribution >= 4 is 21.9 Å². The van der Waals surface area contributed by atoms with Gasteiger partial charge < -0.3 is 9.84 Å². The summed E-state index contributed by atoms with van der Waals surface area (Å²) in [5.41, 5.74) is 1.03. The predicted octanol–water partition coefficient (Wildman–Crippen LogP) is 3.57. The quantitative estimate of drug-likeness (QED) is 0.924. The van der Waals surface area contributed by atoms with Gasteiger partial charge >= 0.3 is 5.97 Å². The predicted molar refractivity (Wildman–Crippen MR) is 74.4 cm³/mol. The van der Waals surface area contributed by atoms with Gasteiger partial charge in [0.05, 0.1) is 0 Å². The van der Waals surface area contributed by atoms with Gasteiger partial charge in [0, 0.05) is 10.2 Å². The number of hydrogen-bond acceptors (Lipinski definition) is 3. The molecule has 0 saturated carbocycles. The summed E-state index contributed by atoms with van der Waals surface area (Å²) in [4.78, 5) is 15.0. The number of aromatic nitrogens is 1. The highest BCUT2D eigenvalue weighted by molar-refractivity contribution is 9.10. The first kappa shape index (κ1) is 14.5. The summed E-state index contributed by atoms with van der Waals surface area (Å²) in [6.45, 7) is 1.75. The highest BCUT2D eigenvalue weighted by Gasteiger charge is 2.13. The molecule has 0 fully saturated rings. The number of carboxylic acid groups (broad SMARTS) is 1. The van der Waals surface area contributed by atoms with E-state index >= 15 is 0 Å². The molecule has 0 amide bonds. The smallest absolute Gasteiger partial charge is 0.358 e. The van der Waals surface area contributed by atoms with Crippen molar-refractivity contribution in [1.29, 1.82) is 0 Å². The fraction of sp³-hybridized carbons (Fsp3) is 0.143. The average molecular weight is 340 g/mol. The molecular formula is C14H11BrFNO3. The number of hydrogen-bond donors (Lipinski definition) is 1. The molecule has 1 N–H and O–H groups in total. The minimum atomic E-state index is -1.16. The summed E-state index contributed by atoms with van der Waals surface area (Å²) in [5.74, 6) is -1.40. The number of nitrogens with zero attached hydrogens (tertiary/aromatic N) is 1. The van der Waals surface area contributed by atoms with Crippen LogP contribution < -0.4 is 4.74 Å².